The van der Waals surface area contributed by atoms with E-state index in [1.165, 1.54) is 0 Å². The van der Waals surface area contributed by atoms with E-state index in [2.05, 4.69) is 25.6 Å². The summed E-state index contributed by atoms with van der Waals surface area (Å²) in [6.07, 6.45) is 5.57. The summed E-state index contributed by atoms with van der Waals surface area (Å²) in [5.74, 6) is 0.0412. The Morgan fingerprint density at radius 1 is 1.15 bits per heavy atom. The number of nitrogens with one attached hydrogen (secondary N) is 1. The monoisotopic (exact) mass is 350 g/mol. The average Bonchev–Trinajstić information content (AvgIpc) is 3.25. The summed E-state index contributed by atoms with van der Waals surface area (Å²) in [5.41, 5.74) is 4.42. The number of carbonyl (C=O) groups excluding carboxylic acids is 1. The molecule has 4 rings (SSSR count). The van der Waals surface area contributed by atoms with E-state index in [0.29, 0.717) is 5.65 Å². The van der Waals surface area contributed by atoms with Gasteiger partial charge in [0.15, 0.2) is 5.65 Å². The summed E-state index contributed by atoms with van der Waals surface area (Å²) in [7, 11) is 1.87. The highest BCUT2D eigenvalue weighted by molar-refractivity contribution is 5.89. The van der Waals surface area contributed by atoms with Gasteiger partial charge in [0.05, 0.1) is 11.9 Å². The third-order valence-electron chi connectivity index (χ3n) is 4.02. The van der Waals surface area contributed by atoms with Gasteiger partial charge in [0.25, 0.3) is 0 Å². The van der Waals surface area contributed by atoms with E-state index < -0.39 is 0 Å². The maximum absolute atomic E-state index is 12.2. The molecule has 0 radical (unpaired) electrons. The lowest BCUT2D eigenvalue weighted by Crippen LogP contribution is -2.21. The summed E-state index contributed by atoms with van der Waals surface area (Å²) in [6.45, 7) is 3.93. The van der Waals surface area contributed by atoms with Gasteiger partial charge >= 0.3 is 0 Å². The molecule has 4 aromatic heterocycles. The molecule has 9 nitrogen and oxygen atoms in total. The van der Waals surface area contributed by atoms with Crippen LogP contribution in [0.4, 0.5) is 5.95 Å². The number of nitrogens with zero attached hydrogens (tertiary/aromatic N) is 7. The van der Waals surface area contributed by atoms with E-state index in [-0.39, 0.29) is 18.4 Å². The maximum atomic E-state index is 12.2. The molecule has 0 aliphatic rings. The van der Waals surface area contributed by atoms with Crippen molar-refractivity contribution in [3.05, 3.63) is 48.2 Å². The first kappa shape index (κ1) is 16.0. The number of aryl methyl sites for hydroxylation is 3. The Morgan fingerprint density at radius 3 is 2.69 bits per heavy atom. The summed E-state index contributed by atoms with van der Waals surface area (Å²) < 4.78 is 5.04. The molecule has 132 valence electrons. The second kappa shape index (κ2) is 6.10. The number of hydrogen-bond donors (Lipinski definition) is 1. The second-order valence-corrected chi connectivity index (χ2v) is 6.19. The quantitative estimate of drug-likeness (QED) is 0.603. The van der Waals surface area contributed by atoms with Gasteiger partial charge in [-0.3, -0.25) is 19.5 Å². The first-order valence-electron chi connectivity index (χ1n) is 8.14. The van der Waals surface area contributed by atoms with E-state index in [1.54, 1.807) is 20.1 Å². The number of hydrogen-bond acceptors (Lipinski definition) is 5. The highest BCUT2D eigenvalue weighted by atomic mass is 16.2. The molecule has 1 N–H and O–H groups in total. The normalized spacial score (nSPS) is 11.2. The topological polar surface area (TPSA) is 94.9 Å². The fourth-order valence-electron chi connectivity index (χ4n) is 2.81. The predicted octanol–water partition coefficient (Wildman–Crippen LogP) is 1.58. The zero-order chi connectivity index (χ0) is 18.3. The molecule has 0 aromatic carbocycles. The number of carbonyl (C=O) groups is 1. The largest absolute Gasteiger partial charge is 0.292 e. The molecule has 0 unspecified atom stereocenters. The lowest BCUT2D eigenvalue weighted by atomic mass is 10.2. The minimum absolute atomic E-state index is 0.121. The number of anilines is 1. The van der Waals surface area contributed by atoms with Crippen LogP contribution in [0.25, 0.3) is 16.8 Å². The molecule has 0 fully saturated rings. The summed E-state index contributed by atoms with van der Waals surface area (Å²) in [5, 5.41) is 15.5. The van der Waals surface area contributed by atoms with Gasteiger partial charge in [0.2, 0.25) is 11.9 Å². The molecule has 4 heterocycles. The van der Waals surface area contributed by atoms with Crippen molar-refractivity contribution in [2.75, 3.05) is 5.32 Å². The first-order valence-corrected chi connectivity index (χ1v) is 8.14. The lowest BCUT2D eigenvalue weighted by Gasteiger charge is -2.03. The Hall–Kier alpha value is -3.49. The predicted molar refractivity (Wildman–Crippen MR) is 95.5 cm³/mol. The van der Waals surface area contributed by atoms with Crippen molar-refractivity contribution in [2.24, 2.45) is 7.05 Å². The van der Waals surface area contributed by atoms with Crippen molar-refractivity contribution in [2.45, 2.75) is 20.4 Å². The lowest BCUT2D eigenvalue weighted by molar-refractivity contribution is -0.117. The number of pyridine rings is 1. The van der Waals surface area contributed by atoms with Crippen LogP contribution >= 0.6 is 0 Å². The average molecular weight is 350 g/mol. The summed E-state index contributed by atoms with van der Waals surface area (Å²) in [4.78, 5) is 16.6. The van der Waals surface area contributed by atoms with Crippen LogP contribution < -0.4 is 5.32 Å². The molecule has 4 aromatic rings. The van der Waals surface area contributed by atoms with Gasteiger partial charge in [-0.25, -0.2) is 4.52 Å². The van der Waals surface area contributed by atoms with Gasteiger partial charge in [-0.1, -0.05) is 0 Å². The van der Waals surface area contributed by atoms with Crippen molar-refractivity contribution in [1.82, 2.24) is 34.2 Å². The Bertz CT molecular complexity index is 1100. The maximum Gasteiger partial charge on any atom is 0.249 e. The summed E-state index contributed by atoms with van der Waals surface area (Å²) in [6, 6.07) is 5.73. The molecule has 0 saturated carbocycles. The van der Waals surface area contributed by atoms with E-state index in [1.807, 2.05) is 51.5 Å². The Balaban J connectivity index is 1.53. The van der Waals surface area contributed by atoms with E-state index in [9.17, 15) is 4.79 Å². The van der Waals surface area contributed by atoms with Crippen molar-refractivity contribution in [3.63, 3.8) is 0 Å². The van der Waals surface area contributed by atoms with Crippen molar-refractivity contribution in [3.8, 4) is 11.1 Å². The zero-order valence-corrected chi connectivity index (χ0v) is 14.7. The third kappa shape index (κ3) is 3.06. The molecule has 0 aliphatic heterocycles. The third-order valence-corrected chi connectivity index (χ3v) is 4.02. The number of rotatable bonds is 4. The van der Waals surface area contributed by atoms with Crippen molar-refractivity contribution >= 4 is 17.5 Å². The Morgan fingerprint density at radius 2 is 2.00 bits per heavy atom. The van der Waals surface area contributed by atoms with Gasteiger partial charge in [-0.2, -0.15) is 15.2 Å². The van der Waals surface area contributed by atoms with Crippen LogP contribution in [0.2, 0.25) is 0 Å². The molecule has 9 heteroatoms. The van der Waals surface area contributed by atoms with Crippen LogP contribution in [-0.2, 0) is 18.4 Å². The fourth-order valence-corrected chi connectivity index (χ4v) is 2.81. The minimum atomic E-state index is -0.223. The van der Waals surface area contributed by atoms with Crippen LogP contribution in [0.15, 0.2) is 36.8 Å². The van der Waals surface area contributed by atoms with E-state index in [0.717, 1.165) is 22.5 Å². The van der Waals surface area contributed by atoms with Crippen LogP contribution in [0.3, 0.4) is 0 Å². The molecule has 26 heavy (non-hydrogen) atoms. The van der Waals surface area contributed by atoms with Crippen LogP contribution in [-0.4, -0.2) is 40.1 Å². The van der Waals surface area contributed by atoms with Gasteiger partial charge in [-0.15, -0.1) is 5.10 Å². The smallest absolute Gasteiger partial charge is 0.249 e. The molecule has 0 atom stereocenters. The van der Waals surface area contributed by atoms with Gasteiger partial charge in [-0.05, 0) is 32.0 Å². The van der Waals surface area contributed by atoms with Gasteiger partial charge in [0.1, 0.15) is 6.54 Å². The standard InChI is InChI=1S/C17H18N8O/c1-11-6-12(2)24(21-11)10-16(26)20-17-19-15-5-4-13(9-25(15)22-17)14-7-18-23(3)8-14/h4-9H,10H2,1-3H3,(H,20,22,26). The molecule has 0 bridgehead atoms. The van der Waals surface area contributed by atoms with Crippen molar-refractivity contribution < 1.29 is 4.79 Å². The van der Waals surface area contributed by atoms with Gasteiger partial charge in [0, 0.05) is 36.3 Å². The number of fused-ring (bicyclic) bond motifs is 1. The van der Waals surface area contributed by atoms with E-state index in [4.69, 9.17) is 0 Å². The molecule has 0 spiro atoms. The SMILES string of the molecule is Cc1cc(C)n(CC(=O)Nc2nc3ccc(-c4cnn(C)c4)cn3n2)n1. The minimum Gasteiger partial charge on any atom is -0.292 e. The summed E-state index contributed by atoms with van der Waals surface area (Å²) >= 11 is 0. The number of aromatic nitrogens is 7. The molecule has 0 saturated heterocycles. The molecular formula is C17H18N8O. The van der Waals surface area contributed by atoms with Crippen LogP contribution in [0, 0.1) is 13.8 Å². The van der Waals surface area contributed by atoms with Crippen LogP contribution in [0.1, 0.15) is 11.4 Å². The number of amides is 1. The highest BCUT2D eigenvalue weighted by Crippen LogP contribution is 2.19. The van der Waals surface area contributed by atoms with E-state index >= 15 is 0 Å². The highest BCUT2D eigenvalue weighted by Gasteiger charge is 2.11. The molecular weight excluding hydrogens is 332 g/mol. The molecule has 0 aliphatic carbocycles. The van der Waals surface area contributed by atoms with Crippen molar-refractivity contribution in [1.29, 1.82) is 0 Å². The zero-order valence-electron chi connectivity index (χ0n) is 14.7. The Labute approximate surface area is 149 Å². The first-order chi connectivity index (χ1) is 12.5. The fraction of sp³-hybridized carbons (Fsp3) is 0.235. The second-order valence-electron chi connectivity index (χ2n) is 6.19. The molecule has 1 amide bonds. The Kier molecular flexibility index (Phi) is 3.76. The van der Waals surface area contributed by atoms with Crippen LogP contribution in [0.5, 0.6) is 0 Å². The van der Waals surface area contributed by atoms with Gasteiger partial charge < -0.3 is 0 Å².